The number of benzene rings is 2. The first kappa shape index (κ1) is 23.9. The molecule has 1 saturated heterocycles. The number of ether oxygens (including phenoxy) is 2. The normalized spacial score (nSPS) is 15.5. The molecule has 0 atom stereocenters. The van der Waals surface area contributed by atoms with Crippen molar-refractivity contribution in [2.45, 2.75) is 34.8 Å². The van der Waals surface area contributed by atoms with E-state index >= 15 is 0 Å². The summed E-state index contributed by atoms with van der Waals surface area (Å²) in [5.74, 6) is -0.429. The van der Waals surface area contributed by atoms with Gasteiger partial charge in [0, 0.05) is 43.0 Å². The number of methoxy groups -OCH3 is 1. The van der Waals surface area contributed by atoms with E-state index in [0.29, 0.717) is 26.1 Å². The summed E-state index contributed by atoms with van der Waals surface area (Å²) in [6.07, 6.45) is 2.64. The molecular formula is C24H23FN2O6S. The van der Waals surface area contributed by atoms with E-state index in [2.05, 4.69) is 5.16 Å². The van der Waals surface area contributed by atoms with Gasteiger partial charge in [0.15, 0.2) is 5.76 Å². The number of rotatable bonds is 9. The zero-order valence-electron chi connectivity index (χ0n) is 18.4. The third-order valence-corrected chi connectivity index (χ3v) is 6.51. The smallest absolute Gasteiger partial charge is 0.400 e. The molecule has 0 unspecified atom stereocenters. The van der Waals surface area contributed by atoms with Crippen LogP contribution in [0.5, 0.6) is 0 Å². The molecule has 0 radical (unpaired) electrons. The first-order valence-electron chi connectivity index (χ1n) is 10.6. The zero-order chi connectivity index (χ0) is 24.0. The fourth-order valence-electron chi connectivity index (χ4n) is 3.70. The number of furan rings is 1. The van der Waals surface area contributed by atoms with Crippen molar-refractivity contribution in [3.63, 3.8) is 0 Å². The summed E-state index contributed by atoms with van der Waals surface area (Å²) < 4.78 is 30.7. The van der Waals surface area contributed by atoms with Crippen molar-refractivity contribution < 1.29 is 28.0 Å². The predicted octanol–water partition coefficient (Wildman–Crippen LogP) is 5.68. The summed E-state index contributed by atoms with van der Waals surface area (Å²) in [5, 5.41) is 14.4. The van der Waals surface area contributed by atoms with Gasteiger partial charge in [-0.3, -0.25) is 10.1 Å². The molecule has 0 aliphatic carbocycles. The van der Waals surface area contributed by atoms with E-state index in [-0.39, 0.29) is 24.1 Å². The molecule has 1 fully saturated rings. The molecule has 10 heteroatoms. The Labute approximate surface area is 199 Å². The predicted molar refractivity (Wildman–Crippen MR) is 123 cm³/mol. The van der Waals surface area contributed by atoms with Gasteiger partial charge in [0.05, 0.1) is 11.7 Å². The minimum absolute atomic E-state index is 0.215. The minimum atomic E-state index is -0.622. The lowest BCUT2D eigenvalue weighted by Crippen LogP contribution is -2.35. The zero-order valence-corrected chi connectivity index (χ0v) is 19.3. The Bertz CT molecular complexity index is 1160. The number of nitro groups is 1. The summed E-state index contributed by atoms with van der Waals surface area (Å²) in [6.45, 7) is 1.39. The lowest BCUT2D eigenvalue weighted by Gasteiger charge is -2.36. The summed E-state index contributed by atoms with van der Waals surface area (Å²) in [7, 11) is 1.66. The SMILES string of the molecule is COC1(c2cc(F)cc(Sc3ccc(CO/N=C/c4ccc([N+](=O)[O-])o4)cc3)c2)CCOCC1. The van der Waals surface area contributed by atoms with Gasteiger partial charge in [-0.1, -0.05) is 29.1 Å². The lowest BCUT2D eigenvalue weighted by molar-refractivity contribution is -0.402. The molecule has 8 nitrogen and oxygen atoms in total. The van der Waals surface area contributed by atoms with E-state index in [9.17, 15) is 14.5 Å². The molecule has 178 valence electrons. The van der Waals surface area contributed by atoms with Crippen molar-refractivity contribution >= 4 is 23.9 Å². The third kappa shape index (κ3) is 5.82. The standard InChI is InChI=1S/C24H23FN2O6S/c1-30-24(8-10-31-11-9-24)18-12-19(25)14-22(13-18)34-21-5-2-17(3-6-21)16-32-26-15-20-4-7-23(33-20)27(28)29/h2-7,12-15H,8-11,16H2,1H3/b26-15+. The van der Waals surface area contributed by atoms with E-state index in [1.165, 1.54) is 36.2 Å². The van der Waals surface area contributed by atoms with Gasteiger partial charge < -0.3 is 18.7 Å². The Kier molecular flexibility index (Phi) is 7.61. The maximum atomic E-state index is 14.4. The van der Waals surface area contributed by atoms with Crippen molar-refractivity contribution in [1.29, 1.82) is 0 Å². The van der Waals surface area contributed by atoms with Crippen molar-refractivity contribution in [3.05, 3.63) is 87.4 Å². The van der Waals surface area contributed by atoms with Crippen LogP contribution in [0.2, 0.25) is 0 Å². The Morgan fingerprint density at radius 1 is 1.15 bits per heavy atom. The Morgan fingerprint density at radius 3 is 2.59 bits per heavy atom. The first-order chi connectivity index (χ1) is 16.5. The minimum Gasteiger partial charge on any atom is -0.400 e. The second-order valence-corrected chi connectivity index (χ2v) is 8.82. The molecule has 0 amide bonds. The van der Waals surface area contributed by atoms with Crippen LogP contribution in [-0.2, 0) is 26.5 Å². The maximum absolute atomic E-state index is 14.4. The monoisotopic (exact) mass is 486 g/mol. The topological polar surface area (TPSA) is 96.3 Å². The molecular weight excluding hydrogens is 463 g/mol. The average molecular weight is 487 g/mol. The molecule has 3 aromatic rings. The van der Waals surface area contributed by atoms with Crippen LogP contribution in [0, 0.1) is 15.9 Å². The van der Waals surface area contributed by atoms with Gasteiger partial charge in [-0.05, 0) is 47.5 Å². The first-order valence-corrected chi connectivity index (χ1v) is 11.4. The van der Waals surface area contributed by atoms with E-state index in [0.717, 1.165) is 20.9 Å². The van der Waals surface area contributed by atoms with E-state index in [1.807, 2.05) is 30.3 Å². The van der Waals surface area contributed by atoms with Crippen molar-refractivity contribution in [3.8, 4) is 0 Å². The van der Waals surface area contributed by atoms with Gasteiger partial charge in [0.1, 0.15) is 23.6 Å². The van der Waals surface area contributed by atoms with Crippen LogP contribution >= 0.6 is 11.8 Å². The summed E-state index contributed by atoms with van der Waals surface area (Å²) in [6, 6.07) is 15.4. The van der Waals surface area contributed by atoms with Gasteiger partial charge in [0.25, 0.3) is 0 Å². The van der Waals surface area contributed by atoms with Crippen LogP contribution in [0.15, 0.2) is 74.0 Å². The molecule has 2 aromatic carbocycles. The van der Waals surface area contributed by atoms with Gasteiger partial charge >= 0.3 is 5.88 Å². The van der Waals surface area contributed by atoms with Crippen LogP contribution < -0.4 is 0 Å². The number of hydrogen-bond donors (Lipinski definition) is 0. The van der Waals surface area contributed by atoms with Gasteiger partial charge in [-0.25, -0.2) is 4.39 Å². The van der Waals surface area contributed by atoms with Crippen molar-refractivity contribution in [2.24, 2.45) is 5.16 Å². The molecule has 0 spiro atoms. The van der Waals surface area contributed by atoms with Crippen LogP contribution in [0.4, 0.5) is 10.3 Å². The highest BCUT2D eigenvalue weighted by Crippen LogP contribution is 2.39. The van der Waals surface area contributed by atoms with Crippen molar-refractivity contribution in [1.82, 2.24) is 0 Å². The molecule has 0 N–H and O–H groups in total. The van der Waals surface area contributed by atoms with E-state index in [4.69, 9.17) is 18.7 Å². The number of halogens is 1. The molecule has 0 bridgehead atoms. The highest BCUT2D eigenvalue weighted by Gasteiger charge is 2.35. The molecule has 2 heterocycles. The van der Waals surface area contributed by atoms with E-state index in [1.54, 1.807) is 13.2 Å². The second-order valence-electron chi connectivity index (χ2n) is 7.67. The molecule has 4 rings (SSSR count). The molecule has 1 aromatic heterocycles. The average Bonchev–Trinajstić information content (AvgIpc) is 3.32. The Hall–Kier alpha value is -3.21. The second kappa shape index (κ2) is 10.8. The van der Waals surface area contributed by atoms with E-state index < -0.39 is 10.5 Å². The van der Waals surface area contributed by atoms with Crippen LogP contribution in [0.3, 0.4) is 0 Å². The molecule has 1 aliphatic heterocycles. The fourth-order valence-corrected chi connectivity index (χ4v) is 4.60. The van der Waals surface area contributed by atoms with Crippen LogP contribution in [0.1, 0.15) is 29.7 Å². The molecule has 34 heavy (non-hydrogen) atoms. The number of oxime groups is 1. The fraction of sp³-hybridized carbons (Fsp3) is 0.292. The molecule has 1 aliphatic rings. The highest BCUT2D eigenvalue weighted by molar-refractivity contribution is 7.99. The highest BCUT2D eigenvalue weighted by atomic mass is 32.2. The summed E-state index contributed by atoms with van der Waals surface area (Å²) in [5.41, 5.74) is 1.18. The van der Waals surface area contributed by atoms with Gasteiger partial charge in [-0.15, -0.1) is 0 Å². The summed E-state index contributed by atoms with van der Waals surface area (Å²) >= 11 is 1.46. The maximum Gasteiger partial charge on any atom is 0.433 e. The van der Waals surface area contributed by atoms with Crippen molar-refractivity contribution in [2.75, 3.05) is 20.3 Å². The third-order valence-electron chi connectivity index (χ3n) is 5.53. The Balaban J connectivity index is 1.36. The largest absolute Gasteiger partial charge is 0.433 e. The van der Waals surface area contributed by atoms with Crippen LogP contribution in [0.25, 0.3) is 0 Å². The number of nitrogens with zero attached hydrogens (tertiary/aromatic N) is 2. The van der Waals surface area contributed by atoms with Crippen LogP contribution in [-0.4, -0.2) is 31.5 Å². The quantitative estimate of drug-likeness (QED) is 0.218. The number of hydrogen-bond acceptors (Lipinski definition) is 8. The van der Waals surface area contributed by atoms with Gasteiger partial charge in [-0.2, -0.15) is 0 Å². The lowest BCUT2D eigenvalue weighted by atomic mass is 9.86. The van der Waals surface area contributed by atoms with Gasteiger partial charge in [0.2, 0.25) is 0 Å². The summed E-state index contributed by atoms with van der Waals surface area (Å²) in [4.78, 5) is 17.0. The Morgan fingerprint density at radius 2 is 1.91 bits per heavy atom. The molecule has 0 saturated carbocycles.